The molecule has 0 aromatic carbocycles. The summed E-state index contributed by atoms with van der Waals surface area (Å²) in [5, 5.41) is 7.92. The van der Waals surface area contributed by atoms with E-state index < -0.39 is 0 Å². The molecule has 3 heterocycles. The van der Waals surface area contributed by atoms with E-state index in [4.69, 9.17) is 4.74 Å². The second kappa shape index (κ2) is 5.31. The predicted molar refractivity (Wildman–Crippen MR) is 73.7 cm³/mol. The highest BCUT2D eigenvalue weighted by atomic mass is 32.1. The second-order valence-corrected chi connectivity index (χ2v) is 6.16. The van der Waals surface area contributed by atoms with E-state index in [0.29, 0.717) is 6.04 Å². The van der Waals surface area contributed by atoms with Crippen LogP contribution in [0.15, 0.2) is 29.0 Å². The van der Waals surface area contributed by atoms with Crippen molar-refractivity contribution in [3.63, 3.8) is 0 Å². The average Bonchev–Trinajstić information content (AvgIpc) is 3.09. The lowest BCUT2D eigenvalue weighted by Crippen LogP contribution is -2.28. The Bertz CT molecular complexity index is 457. The van der Waals surface area contributed by atoms with Gasteiger partial charge in [-0.05, 0) is 29.3 Å². The first-order valence-corrected chi connectivity index (χ1v) is 7.60. The molecule has 4 heteroatoms. The topological polar surface area (TPSA) is 21.3 Å². The maximum absolute atomic E-state index is 5.35. The van der Waals surface area contributed by atoms with Gasteiger partial charge in [0.05, 0.1) is 6.61 Å². The molecule has 3 rings (SSSR count). The van der Waals surface area contributed by atoms with Crippen molar-refractivity contribution in [2.24, 2.45) is 0 Å². The highest BCUT2D eigenvalue weighted by Crippen LogP contribution is 2.29. The third-order valence-corrected chi connectivity index (χ3v) is 4.81. The van der Waals surface area contributed by atoms with Gasteiger partial charge in [-0.1, -0.05) is 6.07 Å². The van der Waals surface area contributed by atoms with Crippen LogP contribution < -0.4 is 5.32 Å². The summed E-state index contributed by atoms with van der Waals surface area (Å²) in [7, 11) is 0. The lowest BCUT2D eigenvalue weighted by molar-refractivity contribution is 0.190. The number of hydrogen-bond donors (Lipinski definition) is 1. The molecule has 1 atom stereocenters. The fourth-order valence-electron chi connectivity index (χ4n) is 1.99. The lowest BCUT2D eigenvalue weighted by Gasteiger charge is -2.08. The molecule has 90 valence electrons. The SMILES string of the molecule is c1csc(-c2csc(CNC3CCOC3)c2)c1. The minimum absolute atomic E-state index is 0.544. The summed E-state index contributed by atoms with van der Waals surface area (Å²) in [6.45, 7) is 2.73. The molecule has 2 aromatic rings. The molecule has 2 nitrogen and oxygen atoms in total. The van der Waals surface area contributed by atoms with Crippen molar-refractivity contribution in [2.75, 3.05) is 13.2 Å². The van der Waals surface area contributed by atoms with Gasteiger partial charge in [-0.3, -0.25) is 0 Å². The van der Waals surface area contributed by atoms with Crippen LogP contribution in [-0.2, 0) is 11.3 Å². The number of nitrogens with one attached hydrogen (secondary N) is 1. The van der Waals surface area contributed by atoms with Crippen LogP contribution in [-0.4, -0.2) is 19.3 Å². The first kappa shape index (κ1) is 11.4. The minimum Gasteiger partial charge on any atom is -0.380 e. The van der Waals surface area contributed by atoms with E-state index in [1.807, 2.05) is 11.3 Å². The molecule has 17 heavy (non-hydrogen) atoms. The predicted octanol–water partition coefficient (Wildman–Crippen LogP) is 3.36. The number of ether oxygens (including phenoxy) is 1. The summed E-state index contributed by atoms with van der Waals surface area (Å²) in [5.74, 6) is 0. The molecule has 0 bridgehead atoms. The summed E-state index contributed by atoms with van der Waals surface area (Å²) in [6.07, 6.45) is 1.14. The van der Waals surface area contributed by atoms with Gasteiger partial charge in [0.1, 0.15) is 0 Å². The van der Waals surface area contributed by atoms with E-state index in [0.717, 1.165) is 26.2 Å². The zero-order valence-corrected chi connectivity index (χ0v) is 11.2. The summed E-state index contributed by atoms with van der Waals surface area (Å²) < 4.78 is 5.35. The van der Waals surface area contributed by atoms with Crippen molar-refractivity contribution < 1.29 is 4.74 Å². The van der Waals surface area contributed by atoms with Gasteiger partial charge in [0, 0.05) is 34.5 Å². The highest BCUT2D eigenvalue weighted by Gasteiger charge is 2.14. The van der Waals surface area contributed by atoms with Gasteiger partial charge in [-0.25, -0.2) is 0 Å². The Hall–Kier alpha value is -0.680. The largest absolute Gasteiger partial charge is 0.380 e. The van der Waals surface area contributed by atoms with Crippen molar-refractivity contribution in [3.8, 4) is 10.4 Å². The molecule has 2 aromatic heterocycles. The van der Waals surface area contributed by atoms with E-state index >= 15 is 0 Å². The van der Waals surface area contributed by atoms with Crippen LogP contribution >= 0.6 is 22.7 Å². The van der Waals surface area contributed by atoms with Crippen LogP contribution in [0.1, 0.15) is 11.3 Å². The molecule has 1 saturated heterocycles. The smallest absolute Gasteiger partial charge is 0.0620 e. The van der Waals surface area contributed by atoms with Crippen molar-refractivity contribution in [2.45, 2.75) is 19.0 Å². The van der Waals surface area contributed by atoms with Crippen LogP contribution in [0.2, 0.25) is 0 Å². The Kier molecular flexibility index (Phi) is 3.57. The molecule has 0 saturated carbocycles. The van der Waals surface area contributed by atoms with E-state index in [1.54, 1.807) is 11.3 Å². The molecule has 0 aliphatic carbocycles. The van der Waals surface area contributed by atoms with E-state index in [-0.39, 0.29) is 0 Å². The monoisotopic (exact) mass is 265 g/mol. The van der Waals surface area contributed by atoms with Gasteiger partial charge in [0.15, 0.2) is 0 Å². The zero-order valence-electron chi connectivity index (χ0n) is 9.52. The maximum atomic E-state index is 5.35. The Morgan fingerprint density at radius 1 is 1.41 bits per heavy atom. The number of hydrogen-bond acceptors (Lipinski definition) is 4. The summed E-state index contributed by atoms with van der Waals surface area (Å²) in [4.78, 5) is 2.76. The third kappa shape index (κ3) is 2.77. The maximum Gasteiger partial charge on any atom is 0.0620 e. The van der Waals surface area contributed by atoms with Crippen LogP contribution in [0, 0.1) is 0 Å². The molecule has 0 radical (unpaired) electrons. The van der Waals surface area contributed by atoms with Gasteiger partial charge < -0.3 is 10.1 Å². The first-order chi connectivity index (χ1) is 8.42. The molecule has 1 N–H and O–H groups in total. The van der Waals surface area contributed by atoms with Crippen molar-refractivity contribution in [3.05, 3.63) is 33.8 Å². The number of thiophene rings is 2. The molecule has 1 aliphatic heterocycles. The van der Waals surface area contributed by atoms with E-state index in [2.05, 4.69) is 34.3 Å². The van der Waals surface area contributed by atoms with Gasteiger partial charge >= 0.3 is 0 Å². The van der Waals surface area contributed by atoms with Crippen LogP contribution in [0.5, 0.6) is 0 Å². The van der Waals surface area contributed by atoms with Crippen molar-refractivity contribution in [1.29, 1.82) is 0 Å². The van der Waals surface area contributed by atoms with Crippen molar-refractivity contribution >= 4 is 22.7 Å². The van der Waals surface area contributed by atoms with Crippen molar-refractivity contribution in [1.82, 2.24) is 5.32 Å². The Balaban J connectivity index is 1.60. The minimum atomic E-state index is 0.544. The Morgan fingerprint density at radius 3 is 3.18 bits per heavy atom. The molecule has 0 spiro atoms. The fourth-order valence-corrected chi connectivity index (χ4v) is 3.61. The Morgan fingerprint density at radius 2 is 2.41 bits per heavy atom. The molecule has 0 amide bonds. The standard InChI is InChI=1S/C13H15NOS2/c1-2-13(16-5-1)10-6-12(17-9-10)7-14-11-3-4-15-8-11/h1-2,5-6,9,11,14H,3-4,7-8H2. The summed E-state index contributed by atoms with van der Waals surface area (Å²) >= 11 is 3.63. The second-order valence-electron chi connectivity index (χ2n) is 4.22. The molecule has 1 unspecified atom stereocenters. The normalized spacial score (nSPS) is 19.9. The summed E-state index contributed by atoms with van der Waals surface area (Å²) in [5.41, 5.74) is 1.35. The average molecular weight is 265 g/mol. The summed E-state index contributed by atoms with van der Waals surface area (Å²) in [6, 6.07) is 7.11. The van der Waals surface area contributed by atoms with Crippen LogP contribution in [0.3, 0.4) is 0 Å². The first-order valence-electron chi connectivity index (χ1n) is 5.84. The molecule has 1 fully saturated rings. The van der Waals surface area contributed by atoms with Crippen LogP contribution in [0.25, 0.3) is 10.4 Å². The Labute approximate surface area is 109 Å². The molecular formula is C13H15NOS2. The quantitative estimate of drug-likeness (QED) is 0.915. The molecule has 1 aliphatic rings. The molecular weight excluding hydrogens is 250 g/mol. The zero-order chi connectivity index (χ0) is 11.5. The van der Waals surface area contributed by atoms with Gasteiger partial charge in [-0.15, -0.1) is 22.7 Å². The third-order valence-electron chi connectivity index (χ3n) is 2.95. The lowest BCUT2D eigenvalue weighted by atomic mass is 10.2. The van der Waals surface area contributed by atoms with Gasteiger partial charge in [0.25, 0.3) is 0 Å². The highest BCUT2D eigenvalue weighted by molar-refractivity contribution is 7.14. The van der Waals surface area contributed by atoms with Crippen LogP contribution in [0.4, 0.5) is 0 Å². The van der Waals surface area contributed by atoms with E-state index in [9.17, 15) is 0 Å². The fraction of sp³-hybridized carbons (Fsp3) is 0.385. The van der Waals surface area contributed by atoms with Gasteiger partial charge in [0.2, 0.25) is 0 Å². The number of rotatable bonds is 4. The van der Waals surface area contributed by atoms with Gasteiger partial charge in [-0.2, -0.15) is 0 Å². The van der Waals surface area contributed by atoms with E-state index in [1.165, 1.54) is 15.3 Å².